The molecule has 1 heterocycles. The van der Waals surface area contributed by atoms with Crippen LogP contribution in [0.25, 0.3) is 10.6 Å². The highest BCUT2D eigenvalue weighted by Gasteiger charge is 2.05. The van der Waals surface area contributed by atoms with E-state index in [4.69, 9.17) is 10.5 Å². The lowest BCUT2D eigenvalue weighted by atomic mass is 10.2. The monoisotopic (exact) mass is 446 g/mol. The molecule has 0 fully saturated rings. The van der Waals surface area contributed by atoms with Crippen LogP contribution in [0.2, 0.25) is 0 Å². The lowest BCUT2D eigenvalue weighted by molar-refractivity contribution is 0.415. The first-order valence-corrected chi connectivity index (χ1v) is 8.09. The third-order valence-electron chi connectivity index (χ3n) is 2.99. The van der Waals surface area contributed by atoms with Gasteiger partial charge in [0.05, 0.1) is 19.3 Å². The molecule has 0 aliphatic carbocycles. The number of halogens is 1. The van der Waals surface area contributed by atoms with E-state index in [2.05, 4.69) is 29.1 Å². The van der Waals surface area contributed by atoms with Gasteiger partial charge in [-0.15, -0.1) is 35.3 Å². The first kappa shape index (κ1) is 19.7. The van der Waals surface area contributed by atoms with E-state index in [1.54, 1.807) is 18.4 Å². The Kier molecular flexibility index (Phi) is 8.32. The Labute approximate surface area is 158 Å². The average Bonchev–Trinajstić information content (AvgIpc) is 3.00. The molecule has 3 N–H and O–H groups in total. The Hall–Kier alpha value is -1.35. The molecule has 7 heteroatoms. The summed E-state index contributed by atoms with van der Waals surface area (Å²) in [6.45, 7) is 5.57. The Bertz CT molecular complexity index is 625. The SMILES string of the molecule is COc1ccc(-c2nc(CN=C(N)NCC(C)C)cs2)cc1.I. The number of ether oxygens (including phenoxy) is 1. The number of rotatable bonds is 6. The standard InChI is InChI=1S/C16H22N4OS.HI/c1-11(2)8-18-16(17)19-9-13-10-22-15(20-13)12-4-6-14(21-3)7-5-12;/h4-7,10-11H,8-9H2,1-3H3,(H3,17,18,19);1H. The van der Waals surface area contributed by atoms with Gasteiger partial charge in [-0.05, 0) is 30.2 Å². The Morgan fingerprint density at radius 3 is 2.65 bits per heavy atom. The van der Waals surface area contributed by atoms with Gasteiger partial charge in [-0.3, -0.25) is 0 Å². The predicted molar refractivity (Wildman–Crippen MR) is 108 cm³/mol. The van der Waals surface area contributed by atoms with Gasteiger partial charge in [0.25, 0.3) is 0 Å². The van der Waals surface area contributed by atoms with Crippen LogP contribution in [0.4, 0.5) is 0 Å². The molecule has 5 nitrogen and oxygen atoms in total. The molecular weight excluding hydrogens is 423 g/mol. The molecule has 0 aliphatic rings. The molecule has 1 aromatic carbocycles. The molecule has 0 aliphatic heterocycles. The van der Waals surface area contributed by atoms with E-state index >= 15 is 0 Å². The average molecular weight is 446 g/mol. The molecule has 2 rings (SSSR count). The summed E-state index contributed by atoms with van der Waals surface area (Å²) in [7, 11) is 1.66. The molecule has 0 saturated heterocycles. The smallest absolute Gasteiger partial charge is 0.188 e. The number of thiazole rings is 1. The number of aromatic nitrogens is 1. The minimum absolute atomic E-state index is 0. The maximum absolute atomic E-state index is 5.82. The third-order valence-corrected chi connectivity index (χ3v) is 3.93. The zero-order valence-corrected chi connectivity index (χ0v) is 16.7. The van der Waals surface area contributed by atoms with Crippen LogP contribution in [-0.2, 0) is 6.54 Å². The van der Waals surface area contributed by atoms with Gasteiger partial charge in [-0.2, -0.15) is 0 Å². The van der Waals surface area contributed by atoms with Crippen molar-refractivity contribution < 1.29 is 4.74 Å². The summed E-state index contributed by atoms with van der Waals surface area (Å²) in [4.78, 5) is 8.90. The lowest BCUT2D eigenvalue weighted by Crippen LogP contribution is -2.34. The maximum Gasteiger partial charge on any atom is 0.188 e. The van der Waals surface area contributed by atoms with Gasteiger partial charge in [0.15, 0.2) is 5.96 Å². The number of benzene rings is 1. The quantitative estimate of drug-likeness (QED) is 0.405. The van der Waals surface area contributed by atoms with Crippen molar-refractivity contribution in [3.63, 3.8) is 0 Å². The van der Waals surface area contributed by atoms with E-state index in [-0.39, 0.29) is 24.0 Å². The third kappa shape index (κ3) is 6.34. The summed E-state index contributed by atoms with van der Waals surface area (Å²) in [6.07, 6.45) is 0. The fraction of sp³-hybridized carbons (Fsp3) is 0.375. The molecule has 0 atom stereocenters. The van der Waals surface area contributed by atoms with Gasteiger partial charge in [0.1, 0.15) is 10.8 Å². The van der Waals surface area contributed by atoms with E-state index < -0.39 is 0 Å². The molecule has 126 valence electrons. The first-order chi connectivity index (χ1) is 10.6. The second kappa shape index (κ2) is 9.71. The van der Waals surface area contributed by atoms with Crippen molar-refractivity contribution >= 4 is 41.3 Å². The van der Waals surface area contributed by atoms with Gasteiger partial charge in [-0.25, -0.2) is 9.98 Å². The number of aliphatic imine (C=N–C) groups is 1. The van der Waals surface area contributed by atoms with Gasteiger partial charge in [0.2, 0.25) is 0 Å². The molecule has 0 saturated carbocycles. The number of methoxy groups -OCH3 is 1. The van der Waals surface area contributed by atoms with Crippen molar-refractivity contribution in [2.24, 2.45) is 16.6 Å². The van der Waals surface area contributed by atoms with Crippen molar-refractivity contribution in [1.29, 1.82) is 0 Å². The van der Waals surface area contributed by atoms with Gasteiger partial charge < -0.3 is 15.8 Å². The molecule has 0 unspecified atom stereocenters. The van der Waals surface area contributed by atoms with Crippen molar-refractivity contribution in [3.8, 4) is 16.3 Å². The van der Waals surface area contributed by atoms with Crippen molar-refractivity contribution in [3.05, 3.63) is 35.3 Å². The molecule has 23 heavy (non-hydrogen) atoms. The minimum Gasteiger partial charge on any atom is -0.497 e. The van der Waals surface area contributed by atoms with Crippen LogP contribution < -0.4 is 15.8 Å². The van der Waals surface area contributed by atoms with E-state index in [0.717, 1.165) is 28.6 Å². The van der Waals surface area contributed by atoms with E-state index in [1.807, 2.05) is 29.6 Å². The van der Waals surface area contributed by atoms with Gasteiger partial charge >= 0.3 is 0 Å². The number of guanidine groups is 1. The summed E-state index contributed by atoms with van der Waals surface area (Å²) in [5.74, 6) is 1.84. The highest BCUT2D eigenvalue weighted by atomic mass is 127. The number of nitrogens with one attached hydrogen (secondary N) is 1. The number of nitrogens with two attached hydrogens (primary N) is 1. The molecule has 1 aromatic heterocycles. The highest BCUT2D eigenvalue weighted by molar-refractivity contribution is 14.0. The summed E-state index contributed by atoms with van der Waals surface area (Å²) in [6, 6.07) is 7.87. The van der Waals surface area contributed by atoms with E-state index in [1.165, 1.54) is 0 Å². The summed E-state index contributed by atoms with van der Waals surface area (Å²) >= 11 is 1.60. The van der Waals surface area contributed by atoms with Crippen LogP contribution in [0.5, 0.6) is 5.75 Å². The molecule has 0 bridgehead atoms. The predicted octanol–water partition coefficient (Wildman–Crippen LogP) is 3.50. The fourth-order valence-electron chi connectivity index (χ4n) is 1.78. The van der Waals surface area contributed by atoms with E-state index in [0.29, 0.717) is 18.4 Å². The number of nitrogens with zero attached hydrogens (tertiary/aromatic N) is 2. The van der Waals surface area contributed by atoms with Gasteiger partial charge in [-0.1, -0.05) is 13.8 Å². The Balaban J connectivity index is 0.00000264. The largest absolute Gasteiger partial charge is 0.497 e. The van der Waals surface area contributed by atoms with Crippen LogP contribution >= 0.6 is 35.3 Å². The Morgan fingerprint density at radius 2 is 2.04 bits per heavy atom. The molecule has 0 amide bonds. The Morgan fingerprint density at radius 1 is 1.35 bits per heavy atom. The van der Waals surface area contributed by atoms with Crippen LogP contribution in [0.1, 0.15) is 19.5 Å². The van der Waals surface area contributed by atoms with Gasteiger partial charge in [0, 0.05) is 17.5 Å². The highest BCUT2D eigenvalue weighted by Crippen LogP contribution is 2.25. The van der Waals surface area contributed by atoms with Crippen LogP contribution in [0, 0.1) is 5.92 Å². The molecular formula is C16H23IN4OS. The number of hydrogen-bond acceptors (Lipinski definition) is 4. The fourth-order valence-corrected chi connectivity index (χ4v) is 2.59. The molecule has 2 aromatic rings. The lowest BCUT2D eigenvalue weighted by Gasteiger charge is -2.07. The molecule has 0 radical (unpaired) electrons. The van der Waals surface area contributed by atoms with Crippen LogP contribution in [0.15, 0.2) is 34.6 Å². The summed E-state index contributed by atoms with van der Waals surface area (Å²) < 4.78 is 5.16. The van der Waals surface area contributed by atoms with Crippen LogP contribution in [-0.4, -0.2) is 24.6 Å². The van der Waals surface area contributed by atoms with Crippen LogP contribution in [0.3, 0.4) is 0 Å². The summed E-state index contributed by atoms with van der Waals surface area (Å²) in [5.41, 5.74) is 7.82. The van der Waals surface area contributed by atoms with Crippen molar-refractivity contribution in [1.82, 2.24) is 10.3 Å². The normalized spacial score (nSPS) is 11.2. The molecule has 0 spiro atoms. The second-order valence-corrected chi connectivity index (χ2v) is 6.21. The zero-order chi connectivity index (χ0) is 15.9. The van der Waals surface area contributed by atoms with Crippen molar-refractivity contribution in [2.75, 3.05) is 13.7 Å². The minimum atomic E-state index is 0. The number of hydrogen-bond donors (Lipinski definition) is 2. The zero-order valence-electron chi connectivity index (χ0n) is 13.6. The topological polar surface area (TPSA) is 72.5 Å². The second-order valence-electron chi connectivity index (χ2n) is 5.35. The first-order valence-electron chi connectivity index (χ1n) is 7.21. The maximum atomic E-state index is 5.82. The van der Waals surface area contributed by atoms with Crippen molar-refractivity contribution in [2.45, 2.75) is 20.4 Å². The summed E-state index contributed by atoms with van der Waals surface area (Å²) in [5, 5.41) is 6.08. The van der Waals surface area contributed by atoms with E-state index in [9.17, 15) is 0 Å².